The van der Waals surface area contributed by atoms with Crippen molar-refractivity contribution in [1.82, 2.24) is 5.43 Å². The molecule has 3 nitrogen and oxygen atoms in total. The fourth-order valence-electron chi connectivity index (χ4n) is 0.249. The first-order chi connectivity index (χ1) is 4.95. The van der Waals surface area contributed by atoms with E-state index < -0.39 is 6.18 Å². The molecular weight excluding hydrogens is 159 g/mol. The number of nitrogens with one attached hydrogen (secondary N) is 1. The summed E-state index contributed by atoms with van der Waals surface area (Å²) < 4.78 is 34.1. The van der Waals surface area contributed by atoms with Gasteiger partial charge < -0.3 is 0 Å². The summed E-state index contributed by atoms with van der Waals surface area (Å²) >= 11 is 0. The highest BCUT2D eigenvalue weighted by Gasteiger charge is 2.23. The van der Waals surface area contributed by atoms with Crippen LogP contribution in [-0.4, -0.2) is 25.3 Å². The summed E-state index contributed by atoms with van der Waals surface area (Å²) in [5.41, 5.74) is 2.09. The van der Waals surface area contributed by atoms with Crippen molar-refractivity contribution < 1.29 is 13.2 Å². The first kappa shape index (κ1) is 9.93. The fraction of sp³-hybridized carbons (Fsp3) is 0.600. The van der Waals surface area contributed by atoms with Gasteiger partial charge in [-0.1, -0.05) is 0 Å². The zero-order valence-electron chi connectivity index (χ0n) is 6.11. The third kappa shape index (κ3) is 6.82. The third-order valence-corrected chi connectivity index (χ3v) is 0.773. The number of halogens is 3. The first-order valence-electron chi connectivity index (χ1n) is 2.76. The van der Waals surface area contributed by atoms with E-state index in [0.29, 0.717) is 5.84 Å². The molecule has 0 spiro atoms. The number of hydrazone groups is 1. The largest absolute Gasteiger partial charge is 0.428 e. The quantitative estimate of drug-likeness (QED) is 0.355. The maximum absolute atomic E-state index is 11.4. The second kappa shape index (κ2) is 3.95. The molecule has 0 saturated heterocycles. The molecule has 0 aliphatic rings. The lowest BCUT2D eigenvalue weighted by Gasteiger charge is -1.98. The number of alkyl halides is 3. The molecule has 0 unspecified atom stereocenters. The summed E-state index contributed by atoms with van der Waals surface area (Å²) in [6.45, 7) is 1.51. The Morgan fingerprint density at radius 3 is 2.36 bits per heavy atom. The van der Waals surface area contributed by atoms with E-state index in [1.807, 2.05) is 0 Å². The maximum Gasteiger partial charge on any atom is 0.428 e. The van der Waals surface area contributed by atoms with Crippen LogP contribution in [0.2, 0.25) is 0 Å². The zero-order valence-corrected chi connectivity index (χ0v) is 6.11. The van der Waals surface area contributed by atoms with E-state index in [1.54, 1.807) is 0 Å². The maximum atomic E-state index is 11.4. The molecule has 0 heterocycles. The highest BCUT2D eigenvalue weighted by atomic mass is 19.4. The minimum atomic E-state index is -4.37. The average molecular weight is 167 g/mol. The van der Waals surface area contributed by atoms with Crippen LogP contribution in [0.4, 0.5) is 13.2 Å². The molecule has 0 aliphatic heterocycles. The molecular formula is C5H8F3N3. The summed E-state index contributed by atoms with van der Waals surface area (Å²) in [5, 5.41) is 2.88. The Morgan fingerprint density at radius 2 is 2.00 bits per heavy atom. The number of hydrogen-bond acceptors (Lipinski definition) is 2. The molecule has 0 aromatic carbocycles. The summed E-state index contributed by atoms with van der Waals surface area (Å²) in [7, 11) is 1.45. The van der Waals surface area contributed by atoms with Crippen LogP contribution in [0, 0.1) is 0 Å². The van der Waals surface area contributed by atoms with Gasteiger partial charge >= 0.3 is 6.18 Å². The second-order valence-corrected chi connectivity index (χ2v) is 1.72. The minimum Gasteiger partial charge on any atom is -0.275 e. The Balaban J connectivity index is 3.79. The molecule has 0 bridgehead atoms. The van der Waals surface area contributed by atoms with E-state index >= 15 is 0 Å². The van der Waals surface area contributed by atoms with Gasteiger partial charge in [0.1, 0.15) is 12.1 Å². The lowest BCUT2D eigenvalue weighted by molar-refractivity contribution is -0.0538. The van der Waals surface area contributed by atoms with Gasteiger partial charge in [-0.15, -0.1) is 0 Å². The summed E-state index contributed by atoms with van der Waals surface area (Å²) in [6, 6.07) is 0. The van der Waals surface area contributed by atoms with Gasteiger partial charge in [-0.3, -0.25) is 10.4 Å². The van der Waals surface area contributed by atoms with Crippen LogP contribution in [0.3, 0.4) is 0 Å². The molecule has 0 aromatic heterocycles. The lowest BCUT2D eigenvalue weighted by atomic mass is 10.7. The van der Waals surface area contributed by atoms with Crippen molar-refractivity contribution in [2.75, 3.05) is 7.05 Å². The van der Waals surface area contributed by atoms with Crippen LogP contribution in [-0.2, 0) is 0 Å². The van der Waals surface area contributed by atoms with Gasteiger partial charge in [-0.2, -0.15) is 18.3 Å². The van der Waals surface area contributed by atoms with Crippen LogP contribution in [0.15, 0.2) is 10.1 Å². The molecule has 0 fully saturated rings. The fourth-order valence-corrected chi connectivity index (χ4v) is 0.249. The van der Waals surface area contributed by atoms with Gasteiger partial charge in [0.05, 0.1) is 0 Å². The van der Waals surface area contributed by atoms with Crippen molar-refractivity contribution in [3.05, 3.63) is 0 Å². The summed E-state index contributed by atoms with van der Waals surface area (Å²) in [6.07, 6.45) is -4.51. The highest BCUT2D eigenvalue weighted by Crippen LogP contribution is 2.09. The molecule has 6 heteroatoms. The molecule has 0 amide bonds. The molecule has 64 valence electrons. The first-order valence-corrected chi connectivity index (χ1v) is 2.76. The molecule has 0 radical (unpaired) electrons. The standard InChI is InChI=1S/C5H8F3N3/c1-4(9-2)11-10-3-5(6,7)8/h3H,1-2H3,(H,9,11)/b10-3+. The predicted molar refractivity (Wildman–Crippen MR) is 36.7 cm³/mol. The van der Waals surface area contributed by atoms with Crippen molar-refractivity contribution in [3.63, 3.8) is 0 Å². The Labute approximate surface area is 62.0 Å². The van der Waals surface area contributed by atoms with Crippen LogP contribution in [0.1, 0.15) is 6.92 Å². The van der Waals surface area contributed by atoms with E-state index in [-0.39, 0.29) is 6.21 Å². The summed E-state index contributed by atoms with van der Waals surface area (Å²) in [4.78, 5) is 3.53. The minimum absolute atomic E-state index is 0.137. The molecule has 0 saturated carbocycles. The lowest BCUT2D eigenvalue weighted by Crippen LogP contribution is -2.17. The number of amidine groups is 1. The second-order valence-electron chi connectivity index (χ2n) is 1.72. The smallest absolute Gasteiger partial charge is 0.275 e. The Bertz CT molecular complexity index is 170. The number of aliphatic imine (C=N–C) groups is 1. The normalized spacial score (nSPS) is 14.1. The Hall–Kier alpha value is -1.07. The molecule has 11 heavy (non-hydrogen) atoms. The summed E-state index contributed by atoms with van der Waals surface area (Å²) in [5.74, 6) is 0.325. The molecule has 0 aromatic rings. The van der Waals surface area contributed by atoms with Crippen LogP contribution >= 0.6 is 0 Å². The van der Waals surface area contributed by atoms with E-state index in [0.717, 1.165) is 0 Å². The number of rotatable bonds is 1. The molecule has 0 aliphatic carbocycles. The number of nitrogens with zero attached hydrogens (tertiary/aromatic N) is 2. The van der Waals surface area contributed by atoms with Gasteiger partial charge in [-0.25, -0.2) is 0 Å². The molecule has 0 rings (SSSR count). The van der Waals surface area contributed by atoms with Crippen molar-refractivity contribution in [2.45, 2.75) is 13.1 Å². The van der Waals surface area contributed by atoms with Gasteiger partial charge in [0.15, 0.2) is 0 Å². The van der Waals surface area contributed by atoms with Gasteiger partial charge in [-0.05, 0) is 6.92 Å². The van der Waals surface area contributed by atoms with E-state index in [9.17, 15) is 13.2 Å². The van der Waals surface area contributed by atoms with Crippen LogP contribution in [0.5, 0.6) is 0 Å². The van der Waals surface area contributed by atoms with Crippen molar-refractivity contribution in [1.29, 1.82) is 0 Å². The third-order valence-electron chi connectivity index (χ3n) is 0.773. The Morgan fingerprint density at radius 1 is 1.45 bits per heavy atom. The zero-order chi connectivity index (χ0) is 8.91. The molecule has 1 N–H and O–H groups in total. The van der Waals surface area contributed by atoms with Crippen LogP contribution < -0.4 is 5.43 Å². The van der Waals surface area contributed by atoms with Gasteiger partial charge in [0.25, 0.3) is 0 Å². The van der Waals surface area contributed by atoms with Crippen molar-refractivity contribution in [2.24, 2.45) is 10.1 Å². The number of hydrogen-bond donors (Lipinski definition) is 1. The van der Waals surface area contributed by atoms with Gasteiger partial charge in [0.2, 0.25) is 0 Å². The highest BCUT2D eigenvalue weighted by molar-refractivity contribution is 5.80. The topological polar surface area (TPSA) is 36.8 Å². The monoisotopic (exact) mass is 167 g/mol. The Kier molecular flexibility index (Phi) is 3.56. The van der Waals surface area contributed by atoms with E-state index in [1.165, 1.54) is 14.0 Å². The predicted octanol–water partition coefficient (Wildman–Crippen LogP) is 1.17. The van der Waals surface area contributed by atoms with E-state index in [2.05, 4.69) is 15.5 Å². The van der Waals surface area contributed by atoms with Crippen molar-refractivity contribution in [3.8, 4) is 0 Å². The van der Waals surface area contributed by atoms with Crippen LogP contribution in [0.25, 0.3) is 0 Å². The van der Waals surface area contributed by atoms with Crippen molar-refractivity contribution >= 4 is 12.1 Å². The van der Waals surface area contributed by atoms with Gasteiger partial charge in [0, 0.05) is 7.05 Å². The van der Waals surface area contributed by atoms with E-state index in [4.69, 9.17) is 0 Å². The average Bonchev–Trinajstić information content (AvgIpc) is 1.85. The molecule has 0 atom stereocenters. The SMILES string of the molecule is CN=C(C)N/N=C/C(F)(F)F.